The van der Waals surface area contributed by atoms with Crippen LogP contribution in [0.3, 0.4) is 0 Å². The molecule has 17 heavy (non-hydrogen) atoms. The molecule has 0 saturated carbocycles. The number of rotatable bonds is 2. The maximum Gasteiger partial charge on any atom is 0.126 e. The maximum absolute atomic E-state index is 13.6. The number of benzene rings is 1. The first-order valence-electron chi connectivity index (χ1n) is 6.11. The number of aryl methyl sites for hydroxylation is 1. The third-order valence-corrected chi connectivity index (χ3v) is 3.39. The van der Waals surface area contributed by atoms with E-state index in [1.165, 1.54) is 24.6 Å². The summed E-state index contributed by atoms with van der Waals surface area (Å²) >= 11 is 0. The van der Waals surface area contributed by atoms with E-state index >= 15 is 0 Å². The van der Waals surface area contributed by atoms with E-state index in [4.69, 9.17) is 0 Å². The Hall–Kier alpha value is -1.64. The van der Waals surface area contributed by atoms with Crippen molar-refractivity contribution in [2.45, 2.75) is 32.2 Å². The normalized spacial score (nSPS) is 14.6. The first-order chi connectivity index (χ1) is 8.34. The zero-order valence-corrected chi connectivity index (χ0v) is 9.69. The Kier molecular flexibility index (Phi) is 2.67. The Morgan fingerprint density at radius 1 is 1.24 bits per heavy atom. The molecule has 0 N–H and O–H groups in total. The molecule has 0 bridgehead atoms. The molecule has 1 aromatic carbocycles. The van der Waals surface area contributed by atoms with Gasteiger partial charge in [0, 0.05) is 24.9 Å². The summed E-state index contributed by atoms with van der Waals surface area (Å²) in [6.45, 7) is 1.03. The van der Waals surface area contributed by atoms with Crippen molar-refractivity contribution in [3.8, 4) is 0 Å². The van der Waals surface area contributed by atoms with Gasteiger partial charge >= 0.3 is 0 Å². The molecule has 0 saturated heterocycles. The third kappa shape index (κ3) is 1.97. The van der Waals surface area contributed by atoms with Crippen molar-refractivity contribution in [1.82, 2.24) is 9.55 Å². The first kappa shape index (κ1) is 10.5. The molecular weight excluding hydrogens is 215 g/mol. The standard InChI is InChI=1S/C14H15FN2/c15-13-7-2-1-5-11(13)9-14-16-10-12-6-3-4-8-17(12)14/h1-2,5,7,10H,3-4,6,8-9H2. The molecule has 0 unspecified atom stereocenters. The van der Waals surface area contributed by atoms with Gasteiger partial charge in [0.15, 0.2) is 0 Å². The molecule has 3 rings (SSSR count). The molecule has 2 aromatic rings. The Morgan fingerprint density at radius 2 is 2.12 bits per heavy atom. The van der Waals surface area contributed by atoms with Gasteiger partial charge in [-0.05, 0) is 30.9 Å². The Morgan fingerprint density at radius 3 is 3.00 bits per heavy atom. The molecule has 1 aromatic heterocycles. The lowest BCUT2D eigenvalue weighted by molar-refractivity contribution is 0.515. The highest BCUT2D eigenvalue weighted by molar-refractivity contribution is 5.22. The average molecular weight is 230 g/mol. The highest BCUT2D eigenvalue weighted by Gasteiger charge is 2.14. The molecule has 0 aliphatic carbocycles. The van der Waals surface area contributed by atoms with Crippen LogP contribution in [-0.4, -0.2) is 9.55 Å². The van der Waals surface area contributed by atoms with Gasteiger partial charge in [0.2, 0.25) is 0 Å². The van der Waals surface area contributed by atoms with Gasteiger partial charge in [-0.3, -0.25) is 0 Å². The van der Waals surface area contributed by atoms with Crippen molar-refractivity contribution in [2.75, 3.05) is 0 Å². The van der Waals surface area contributed by atoms with Crippen molar-refractivity contribution in [1.29, 1.82) is 0 Å². The van der Waals surface area contributed by atoms with Crippen LogP contribution in [-0.2, 0) is 19.4 Å². The number of aromatic nitrogens is 2. The molecule has 3 heteroatoms. The molecule has 2 heterocycles. The van der Waals surface area contributed by atoms with Crippen LogP contribution < -0.4 is 0 Å². The minimum absolute atomic E-state index is 0.138. The van der Waals surface area contributed by atoms with Crippen LogP contribution in [0.25, 0.3) is 0 Å². The highest BCUT2D eigenvalue weighted by Crippen LogP contribution is 2.19. The van der Waals surface area contributed by atoms with Gasteiger partial charge < -0.3 is 4.57 Å². The van der Waals surface area contributed by atoms with E-state index in [9.17, 15) is 4.39 Å². The number of nitrogens with zero attached hydrogens (tertiary/aromatic N) is 2. The van der Waals surface area contributed by atoms with Crippen LogP contribution in [0.5, 0.6) is 0 Å². The Labute approximate surface area is 100 Å². The van der Waals surface area contributed by atoms with E-state index in [0.717, 1.165) is 24.4 Å². The second-order valence-electron chi connectivity index (χ2n) is 4.54. The average Bonchev–Trinajstić information content (AvgIpc) is 2.76. The van der Waals surface area contributed by atoms with Gasteiger partial charge in [0.05, 0.1) is 0 Å². The highest BCUT2D eigenvalue weighted by atomic mass is 19.1. The molecular formula is C14H15FN2. The van der Waals surface area contributed by atoms with Gasteiger partial charge in [-0.2, -0.15) is 0 Å². The second-order valence-corrected chi connectivity index (χ2v) is 4.54. The van der Waals surface area contributed by atoms with Crippen LogP contribution in [0.2, 0.25) is 0 Å². The number of imidazole rings is 1. The summed E-state index contributed by atoms with van der Waals surface area (Å²) in [6.07, 6.45) is 6.07. The summed E-state index contributed by atoms with van der Waals surface area (Å²) in [5, 5.41) is 0. The number of halogens is 1. The van der Waals surface area contributed by atoms with Crippen molar-refractivity contribution in [3.63, 3.8) is 0 Å². The summed E-state index contributed by atoms with van der Waals surface area (Å²) in [7, 11) is 0. The zero-order chi connectivity index (χ0) is 11.7. The van der Waals surface area contributed by atoms with Gasteiger partial charge in [0.1, 0.15) is 11.6 Å². The van der Waals surface area contributed by atoms with Crippen molar-refractivity contribution >= 4 is 0 Å². The van der Waals surface area contributed by atoms with Crippen LogP contribution in [0.1, 0.15) is 29.9 Å². The minimum atomic E-state index is -0.138. The lowest BCUT2D eigenvalue weighted by atomic mass is 10.1. The molecule has 1 aliphatic heterocycles. The fourth-order valence-electron chi connectivity index (χ4n) is 2.46. The first-order valence-corrected chi connectivity index (χ1v) is 6.11. The minimum Gasteiger partial charge on any atom is -0.332 e. The van der Waals surface area contributed by atoms with Crippen LogP contribution >= 0.6 is 0 Å². The largest absolute Gasteiger partial charge is 0.332 e. The van der Waals surface area contributed by atoms with Crippen molar-refractivity contribution < 1.29 is 4.39 Å². The summed E-state index contributed by atoms with van der Waals surface area (Å²) in [4.78, 5) is 4.43. The summed E-state index contributed by atoms with van der Waals surface area (Å²) in [6, 6.07) is 6.94. The van der Waals surface area contributed by atoms with Crippen molar-refractivity contribution in [3.05, 3.63) is 53.4 Å². The lowest BCUT2D eigenvalue weighted by Crippen LogP contribution is -2.13. The lowest BCUT2D eigenvalue weighted by Gasteiger charge is -2.16. The summed E-state index contributed by atoms with van der Waals surface area (Å²) < 4.78 is 15.8. The quantitative estimate of drug-likeness (QED) is 0.775. The predicted octanol–water partition coefficient (Wildman–Crippen LogP) is 2.95. The Bertz CT molecular complexity index is 531. The molecule has 0 atom stereocenters. The molecule has 0 spiro atoms. The summed E-state index contributed by atoms with van der Waals surface area (Å²) in [5.41, 5.74) is 2.02. The van der Waals surface area contributed by atoms with E-state index in [1.54, 1.807) is 6.07 Å². The smallest absolute Gasteiger partial charge is 0.126 e. The molecule has 0 radical (unpaired) electrons. The summed E-state index contributed by atoms with van der Waals surface area (Å²) in [5.74, 6) is 0.852. The molecule has 1 aliphatic rings. The maximum atomic E-state index is 13.6. The number of fused-ring (bicyclic) bond motifs is 1. The topological polar surface area (TPSA) is 17.8 Å². The van der Waals surface area contributed by atoms with Gasteiger partial charge in [-0.15, -0.1) is 0 Å². The predicted molar refractivity (Wildman–Crippen MR) is 64.4 cm³/mol. The molecule has 2 nitrogen and oxygen atoms in total. The monoisotopic (exact) mass is 230 g/mol. The van der Waals surface area contributed by atoms with Gasteiger partial charge in [-0.1, -0.05) is 18.2 Å². The molecule has 88 valence electrons. The fourth-order valence-corrected chi connectivity index (χ4v) is 2.46. The van der Waals surface area contributed by atoms with E-state index in [0.29, 0.717) is 6.42 Å². The van der Waals surface area contributed by atoms with E-state index in [1.807, 2.05) is 18.3 Å². The van der Waals surface area contributed by atoms with Crippen LogP contribution in [0, 0.1) is 5.82 Å². The van der Waals surface area contributed by atoms with E-state index < -0.39 is 0 Å². The third-order valence-electron chi connectivity index (χ3n) is 3.39. The van der Waals surface area contributed by atoms with E-state index in [-0.39, 0.29) is 5.82 Å². The van der Waals surface area contributed by atoms with Gasteiger partial charge in [0.25, 0.3) is 0 Å². The second kappa shape index (κ2) is 4.32. The number of hydrogen-bond donors (Lipinski definition) is 0. The Balaban J connectivity index is 1.91. The SMILES string of the molecule is Fc1ccccc1Cc1ncc2n1CCCC2. The zero-order valence-electron chi connectivity index (χ0n) is 9.69. The van der Waals surface area contributed by atoms with Crippen LogP contribution in [0.4, 0.5) is 4.39 Å². The molecule has 0 fully saturated rings. The van der Waals surface area contributed by atoms with Gasteiger partial charge in [-0.25, -0.2) is 9.37 Å². The van der Waals surface area contributed by atoms with Crippen molar-refractivity contribution in [2.24, 2.45) is 0 Å². The number of hydrogen-bond acceptors (Lipinski definition) is 1. The molecule has 0 amide bonds. The van der Waals surface area contributed by atoms with E-state index in [2.05, 4.69) is 9.55 Å². The fraction of sp³-hybridized carbons (Fsp3) is 0.357. The van der Waals surface area contributed by atoms with Crippen LogP contribution in [0.15, 0.2) is 30.5 Å².